The number of esters is 1. The van der Waals surface area contributed by atoms with E-state index < -0.39 is 11.9 Å². The smallest absolute Gasteiger partial charge is 0.338 e. The third kappa shape index (κ3) is 2.86. The van der Waals surface area contributed by atoms with Gasteiger partial charge in [-0.3, -0.25) is 0 Å². The fourth-order valence-electron chi connectivity index (χ4n) is 2.63. The Hall–Kier alpha value is -3.14. The number of nitriles is 1. The summed E-state index contributed by atoms with van der Waals surface area (Å²) in [5, 5.41) is 9.53. The van der Waals surface area contributed by atoms with Gasteiger partial charge >= 0.3 is 5.97 Å². The number of hydrogen-bond donors (Lipinski definition) is 1. The van der Waals surface area contributed by atoms with E-state index in [-0.39, 0.29) is 22.8 Å². The zero-order valence-electron chi connectivity index (χ0n) is 13.9. The largest absolute Gasteiger partial charge is 0.497 e. The number of hydrogen-bond acceptors (Lipinski definition) is 7. The SMILES string of the molecule is COC(=O)C1=C(C)OC(N)=C(C#N)[C@H]1c1cc(OC)ccc1OC. The summed E-state index contributed by atoms with van der Waals surface area (Å²) in [7, 11) is 4.28. The zero-order valence-corrected chi connectivity index (χ0v) is 13.9. The maximum absolute atomic E-state index is 12.3. The second-order valence-electron chi connectivity index (χ2n) is 4.99. The van der Waals surface area contributed by atoms with Crippen LogP contribution in [-0.4, -0.2) is 27.3 Å². The third-order valence-corrected chi connectivity index (χ3v) is 3.76. The van der Waals surface area contributed by atoms with Crippen LogP contribution in [0.1, 0.15) is 18.4 Å². The van der Waals surface area contributed by atoms with Gasteiger partial charge in [0.1, 0.15) is 28.9 Å². The molecular weight excluding hydrogens is 312 g/mol. The Labute approximate surface area is 139 Å². The molecule has 0 radical (unpaired) electrons. The van der Waals surface area contributed by atoms with Gasteiger partial charge in [0.25, 0.3) is 0 Å². The molecule has 7 nitrogen and oxygen atoms in total. The van der Waals surface area contributed by atoms with Crippen LogP contribution in [0.25, 0.3) is 0 Å². The van der Waals surface area contributed by atoms with Crippen LogP contribution >= 0.6 is 0 Å². The Balaban J connectivity index is 2.76. The molecule has 0 bridgehead atoms. The molecule has 0 saturated heterocycles. The van der Waals surface area contributed by atoms with Crippen molar-refractivity contribution in [1.82, 2.24) is 0 Å². The van der Waals surface area contributed by atoms with Crippen LogP contribution in [0.3, 0.4) is 0 Å². The summed E-state index contributed by atoms with van der Waals surface area (Å²) in [5.41, 5.74) is 6.70. The summed E-state index contributed by atoms with van der Waals surface area (Å²) in [6.07, 6.45) is 0. The summed E-state index contributed by atoms with van der Waals surface area (Å²) in [6, 6.07) is 7.11. The highest BCUT2D eigenvalue weighted by Crippen LogP contribution is 2.43. The predicted molar refractivity (Wildman–Crippen MR) is 84.9 cm³/mol. The summed E-state index contributed by atoms with van der Waals surface area (Å²) in [4.78, 5) is 12.3. The Morgan fingerprint density at radius 3 is 2.54 bits per heavy atom. The van der Waals surface area contributed by atoms with Gasteiger partial charge in [-0.2, -0.15) is 5.26 Å². The molecule has 0 aliphatic carbocycles. The first kappa shape index (κ1) is 17.2. The van der Waals surface area contributed by atoms with Crippen molar-refractivity contribution in [3.63, 3.8) is 0 Å². The number of benzene rings is 1. The summed E-state index contributed by atoms with van der Waals surface area (Å²) in [5.74, 6) is -0.137. The average Bonchev–Trinajstić information content (AvgIpc) is 2.59. The van der Waals surface area contributed by atoms with Crippen molar-refractivity contribution in [1.29, 1.82) is 5.26 Å². The van der Waals surface area contributed by atoms with E-state index in [1.54, 1.807) is 25.1 Å². The lowest BCUT2D eigenvalue weighted by Crippen LogP contribution is -2.25. The van der Waals surface area contributed by atoms with Gasteiger partial charge in [-0.05, 0) is 25.1 Å². The van der Waals surface area contributed by atoms with Crippen LogP contribution in [0.2, 0.25) is 0 Å². The molecule has 1 aromatic carbocycles. The van der Waals surface area contributed by atoms with Crippen LogP contribution in [0, 0.1) is 11.3 Å². The minimum atomic E-state index is -0.777. The van der Waals surface area contributed by atoms with Crippen LogP contribution in [-0.2, 0) is 14.3 Å². The molecule has 0 fully saturated rings. The molecule has 2 rings (SSSR count). The maximum atomic E-state index is 12.3. The Morgan fingerprint density at radius 1 is 1.29 bits per heavy atom. The second kappa shape index (κ2) is 6.96. The normalized spacial score (nSPS) is 17.0. The fraction of sp³-hybridized carbons (Fsp3) is 0.294. The number of nitrogens with zero attached hydrogens (tertiary/aromatic N) is 1. The Morgan fingerprint density at radius 2 is 2.00 bits per heavy atom. The first-order valence-corrected chi connectivity index (χ1v) is 7.07. The van der Waals surface area contributed by atoms with Crippen LogP contribution in [0.4, 0.5) is 0 Å². The molecule has 0 saturated carbocycles. The number of carbonyl (C=O) groups excluding carboxylic acids is 1. The standard InChI is InChI=1S/C17H18N2O5/c1-9-14(17(20)23-4)15(12(8-18)16(19)24-9)11-7-10(21-2)5-6-13(11)22-3/h5-7,15H,19H2,1-4H3/t15-/m1/s1. The molecule has 7 heteroatoms. The molecule has 24 heavy (non-hydrogen) atoms. The van der Waals surface area contributed by atoms with Crippen molar-refractivity contribution >= 4 is 5.97 Å². The Kier molecular flexibility index (Phi) is 4.99. The predicted octanol–water partition coefficient (Wildman–Crippen LogP) is 1.96. The Bertz CT molecular complexity index is 774. The van der Waals surface area contributed by atoms with Gasteiger partial charge in [-0.15, -0.1) is 0 Å². The molecule has 0 spiro atoms. The molecule has 0 amide bonds. The highest BCUT2D eigenvalue weighted by atomic mass is 16.5. The highest BCUT2D eigenvalue weighted by Gasteiger charge is 2.37. The van der Waals surface area contributed by atoms with E-state index in [0.717, 1.165) is 0 Å². The molecule has 1 aliphatic heterocycles. The summed E-state index contributed by atoms with van der Waals surface area (Å²) in [6.45, 7) is 1.59. The number of allylic oxidation sites excluding steroid dienone is 2. The molecule has 1 heterocycles. The van der Waals surface area contributed by atoms with E-state index >= 15 is 0 Å². The second-order valence-corrected chi connectivity index (χ2v) is 4.99. The lowest BCUT2D eigenvalue weighted by molar-refractivity contribution is -0.136. The number of carbonyl (C=O) groups is 1. The summed E-state index contributed by atoms with van der Waals surface area (Å²) < 4.78 is 20.8. The quantitative estimate of drug-likeness (QED) is 0.841. The van der Waals surface area contributed by atoms with Crippen LogP contribution < -0.4 is 15.2 Å². The molecular formula is C17H18N2O5. The zero-order chi connectivity index (χ0) is 17.9. The average molecular weight is 330 g/mol. The topological polar surface area (TPSA) is 104 Å². The molecule has 0 aromatic heterocycles. The van der Waals surface area contributed by atoms with Gasteiger partial charge in [-0.25, -0.2) is 4.79 Å². The van der Waals surface area contributed by atoms with Gasteiger partial charge < -0.3 is 24.7 Å². The van der Waals surface area contributed by atoms with Gasteiger partial charge in [0.2, 0.25) is 5.88 Å². The third-order valence-electron chi connectivity index (χ3n) is 3.76. The van der Waals surface area contributed by atoms with Crippen molar-refractivity contribution in [3.8, 4) is 17.6 Å². The van der Waals surface area contributed by atoms with E-state index in [1.807, 2.05) is 6.07 Å². The molecule has 0 unspecified atom stereocenters. The minimum absolute atomic E-state index is 0.0578. The van der Waals surface area contributed by atoms with Gasteiger partial charge in [0, 0.05) is 5.56 Å². The first-order chi connectivity index (χ1) is 11.5. The van der Waals surface area contributed by atoms with E-state index in [0.29, 0.717) is 17.1 Å². The highest BCUT2D eigenvalue weighted by molar-refractivity contribution is 5.92. The molecule has 1 atom stereocenters. The summed E-state index contributed by atoms with van der Waals surface area (Å²) >= 11 is 0. The molecule has 2 N–H and O–H groups in total. The number of nitrogens with two attached hydrogens (primary N) is 1. The molecule has 1 aliphatic rings. The van der Waals surface area contributed by atoms with E-state index in [9.17, 15) is 10.1 Å². The van der Waals surface area contributed by atoms with Crippen molar-refractivity contribution in [2.45, 2.75) is 12.8 Å². The first-order valence-electron chi connectivity index (χ1n) is 7.07. The van der Waals surface area contributed by atoms with Gasteiger partial charge in [0.15, 0.2) is 0 Å². The van der Waals surface area contributed by atoms with Crippen LogP contribution in [0.15, 0.2) is 41.0 Å². The van der Waals surface area contributed by atoms with Crippen LogP contribution in [0.5, 0.6) is 11.5 Å². The molecule has 126 valence electrons. The fourth-order valence-corrected chi connectivity index (χ4v) is 2.63. The van der Waals surface area contributed by atoms with Crippen molar-refractivity contribution in [3.05, 3.63) is 46.6 Å². The minimum Gasteiger partial charge on any atom is -0.497 e. The van der Waals surface area contributed by atoms with Crippen molar-refractivity contribution < 1.29 is 23.7 Å². The number of rotatable bonds is 4. The number of ether oxygens (including phenoxy) is 4. The van der Waals surface area contributed by atoms with Crippen molar-refractivity contribution in [2.24, 2.45) is 5.73 Å². The monoisotopic (exact) mass is 330 g/mol. The lowest BCUT2D eigenvalue weighted by Gasteiger charge is -2.27. The maximum Gasteiger partial charge on any atom is 0.338 e. The molecule has 1 aromatic rings. The van der Waals surface area contributed by atoms with Gasteiger partial charge in [-0.1, -0.05) is 0 Å². The van der Waals surface area contributed by atoms with Crippen molar-refractivity contribution in [2.75, 3.05) is 21.3 Å². The van der Waals surface area contributed by atoms with E-state index in [1.165, 1.54) is 21.3 Å². The van der Waals surface area contributed by atoms with Gasteiger partial charge in [0.05, 0.1) is 32.8 Å². The van der Waals surface area contributed by atoms with E-state index in [4.69, 9.17) is 24.7 Å². The van der Waals surface area contributed by atoms with E-state index in [2.05, 4.69) is 0 Å². The number of methoxy groups -OCH3 is 3. The lowest BCUT2D eigenvalue weighted by atomic mass is 9.82.